The van der Waals surface area contributed by atoms with E-state index in [1.807, 2.05) is 0 Å². The molecule has 0 atom stereocenters. The maximum Gasteiger partial charge on any atom is 0.492 e. The molecular weight excluding hydrogens is 339 g/mol. The van der Waals surface area contributed by atoms with Crippen molar-refractivity contribution in [2.75, 3.05) is 12.4 Å². The van der Waals surface area contributed by atoms with Gasteiger partial charge in [-0.1, -0.05) is 11.6 Å². The van der Waals surface area contributed by atoms with E-state index in [2.05, 4.69) is 36.3 Å². The summed E-state index contributed by atoms with van der Waals surface area (Å²) in [5, 5.41) is 17.7. The number of nitro groups is 1. The Morgan fingerprint density at radius 3 is 2.84 bits per heavy atom. The molecule has 0 amide bonds. The van der Waals surface area contributed by atoms with Crippen molar-refractivity contribution in [3.8, 4) is 0 Å². The average Bonchev–Trinajstić information content (AvgIpc) is 2.74. The highest BCUT2D eigenvalue weighted by atomic mass is 79.9. The third-order valence-electron chi connectivity index (χ3n) is 2.25. The molecule has 1 N–H and O–H groups in total. The molecule has 0 aromatic carbocycles. The molecule has 0 aliphatic rings. The molecule has 0 fully saturated rings. The van der Waals surface area contributed by atoms with Gasteiger partial charge in [0.2, 0.25) is 0 Å². The topological polar surface area (TPSA) is 98.8 Å². The lowest BCUT2D eigenvalue weighted by Crippen LogP contribution is -2.06. The Morgan fingerprint density at radius 1 is 1.53 bits per heavy atom. The molecule has 2 heterocycles. The lowest BCUT2D eigenvalue weighted by Gasteiger charge is -2.05. The van der Waals surface area contributed by atoms with Crippen LogP contribution < -0.4 is 5.32 Å². The molecule has 0 aliphatic carbocycles. The minimum absolute atomic E-state index is 0.176. The number of nitrogens with zero attached hydrogens (tertiary/aromatic N) is 5. The Labute approximate surface area is 121 Å². The van der Waals surface area contributed by atoms with Gasteiger partial charge in [-0.25, -0.2) is 4.98 Å². The van der Waals surface area contributed by atoms with Crippen molar-refractivity contribution in [3.05, 3.63) is 37.7 Å². The Morgan fingerprint density at radius 2 is 2.26 bits per heavy atom. The van der Waals surface area contributed by atoms with Crippen molar-refractivity contribution in [3.63, 3.8) is 0 Å². The maximum absolute atomic E-state index is 10.6. The van der Waals surface area contributed by atoms with Crippen LogP contribution in [0.5, 0.6) is 0 Å². The highest BCUT2D eigenvalue weighted by molar-refractivity contribution is 9.10. The molecule has 100 valence electrons. The van der Waals surface area contributed by atoms with Crippen molar-refractivity contribution in [1.82, 2.24) is 19.7 Å². The number of pyridine rings is 1. The quantitative estimate of drug-likeness (QED) is 0.671. The Hall–Kier alpha value is -1.74. The van der Waals surface area contributed by atoms with Crippen LogP contribution in [0.2, 0.25) is 5.02 Å². The van der Waals surface area contributed by atoms with Crippen LogP contribution >= 0.6 is 27.5 Å². The largest absolute Gasteiger partial charge is 0.492 e. The van der Waals surface area contributed by atoms with Crippen LogP contribution in [-0.4, -0.2) is 31.7 Å². The predicted octanol–water partition coefficient (Wildman–Crippen LogP) is 2.09. The molecule has 0 saturated heterocycles. The summed E-state index contributed by atoms with van der Waals surface area (Å²) in [7, 11) is 1.73. The van der Waals surface area contributed by atoms with Crippen molar-refractivity contribution in [2.24, 2.45) is 0 Å². The fourth-order valence-electron chi connectivity index (χ4n) is 1.37. The van der Waals surface area contributed by atoms with Gasteiger partial charge in [0.05, 0.1) is 10.7 Å². The van der Waals surface area contributed by atoms with Crippen molar-refractivity contribution in [2.45, 2.75) is 6.54 Å². The third kappa shape index (κ3) is 2.99. The van der Waals surface area contributed by atoms with Crippen molar-refractivity contribution in [1.29, 1.82) is 0 Å². The number of rotatable bonds is 4. The first kappa shape index (κ1) is 13.7. The van der Waals surface area contributed by atoms with E-state index in [-0.39, 0.29) is 11.3 Å². The first-order chi connectivity index (χ1) is 9.01. The summed E-state index contributed by atoms with van der Waals surface area (Å²) in [5.74, 6) is 0.165. The van der Waals surface area contributed by atoms with Gasteiger partial charge in [-0.15, -0.1) is 0 Å². The Bertz CT molecular complexity index is 631. The van der Waals surface area contributed by atoms with Crippen LogP contribution in [0.15, 0.2) is 16.9 Å². The summed E-state index contributed by atoms with van der Waals surface area (Å²) in [6.07, 6.45) is 0. The number of halogens is 2. The van der Waals surface area contributed by atoms with Gasteiger partial charge < -0.3 is 15.4 Å². The van der Waals surface area contributed by atoms with Crippen LogP contribution in [-0.2, 0) is 6.54 Å². The predicted molar refractivity (Wildman–Crippen MR) is 72.3 cm³/mol. The van der Waals surface area contributed by atoms with Crippen LogP contribution in [0.25, 0.3) is 0 Å². The molecule has 2 aromatic heterocycles. The lowest BCUT2D eigenvalue weighted by molar-refractivity contribution is -0.394. The zero-order chi connectivity index (χ0) is 14.0. The number of hydrogen-bond acceptors (Lipinski definition) is 6. The molecular formula is C9H8BrClN6O2. The zero-order valence-corrected chi connectivity index (χ0v) is 12.0. The second-order valence-electron chi connectivity index (χ2n) is 3.47. The van der Waals surface area contributed by atoms with E-state index >= 15 is 0 Å². The van der Waals surface area contributed by atoms with Gasteiger partial charge in [0.15, 0.2) is 0 Å². The smallest absolute Gasteiger partial charge is 0.390 e. The summed E-state index contributed by atoms with van der Waals surface area (Å²) in [4.78, 5) is 17.8. The minimum Gasteiger partial charge on any atom is -0.390 e. The molecule has 0 aliphatic heterocycles. The van der Waals surface area contributed by atoms with E-state index in [1.54, 1.807) is 19.2 Å². The number of aromatic nitrogens is 4. The van der Waals surface area contributed by atoms with Gasteiger partial charge in [-0.3, -0.25) is 0 Å². The molecule has 0 unspecified atom stereocenters. The molecule has 0 spiro atoms. The summed E-state index contributed by atoms with van der Waals surface area (Å²) in [6.45, 7) is 0.176. The molecule has 19 heavy (non-hydrogen) atoms. The molecule has 0 saturated carbocycles. The average molecular weight is 348 g/mol. The zero-order valence-electron chi connectivity index (χ0n) is 9.67. The van der Waals surface area contributed by atoms with Crippen LogP contribution in [0.3, 0.4) is 0 Å². The Kier molecular flexibility index (Phi) is 3.96. The number of anilines is 1. The van der Waals surface area contributed by atoms with Crippen molar-refractivity contribution < 1.29 is 4.92 Å². The van der Waals surface area contributed by atoms with Crippen LogP contribution in [0.4, 0.5) is 11.8 Å². The molecule has 0 radical (unpaired) electrons. The molecule has 0 bridgehead atoms. The first-order valence-corrected chi connectivity index (χ1v) is 6.26. The molecule has 2 aromatic rings. The fourth-order valence-corrected chi connectivity index (χ4v) is 1.89. The Balaban J connectivity index is 2.33. The van der Waals surface area contributed by atoms with E-state index in [0.29, 0.717) is 16.5 Å². The van der Waals surface area contributed by atoms with Crippen molar-refractivity contribution >= 4 is 39.3 Å². The van der Waals surface area contributed by atoms with Gasteiger partial charge in [0, 0.05) is 28.1 Å². The molecule has 2 rings (SSSR count). The summed E-state index contributed by atoms with van der Waals surface area (Å²) in [5.41, 5.74) is 0.536. The van der Waals surface area contributed by atoms with Gasteiger partial charge in [-0.05, 0) is 22.0 Å². The minimum atomic E-state index is -0.666. The van der Waals surface area contributed by atoms with E-state index in [0.717, 1.165) is 0 Å². The highest BCUT2D eigenvalue weighted by Gasteiger charge is 2.20. The van der Waals surface area contributed by atoms with Crippen LogP contribution in [0, 0.1) is 10.1 Å². The normalized spacial score (nSPS) is 10.5. The number of hydrogen-bond donors (Lipinski definition) is 1. The molecule has 10 heteroatoms. The van der Waals surface area contributed by atoms with Gasteiger partial charge in [0.25, 0.3) is 4.73 Å². The summed E-state index contributed by atoms with van der Waals surface area (Å²) < 4.78 is 1.55. The number of nitrogens with one attached hydrogen (secondary N) is 1. The standard InChI is InChI=1S/C9H8BrClN6O2/c1-12-7-3-2-5(11)6(13-7)4-16-8(10)14-9(15-16)17(18)19/h2-3H,4H2,1H3,(H,12,13). The van der Waals surface area contributed by atoms with E-state index in [9.17, 15) is 10.1 Å². The van der Waals surface area contributed by atoms with Gasteiger partial charge >= 0.3 is 5.95 Å². The van der Waals surface area contributed by atoms with E-state index in [1.165, 1.54) is 4.68 Å². The van der Waals surface area contributed by atoms with Gasteiger partial charge in [-0.2, -0.15) is 4.68 Å². The van der Waals surface area contributed by atoms with E-state index in [4.69, 9.17) is 11.6 Å². The second-order valence-corrected chi connectivity index (χ2v) is 4.59. The monoisotopic (exact) mass is 346 g/mol. The second kappa shape index (κ2) is 5.49. The SMILES string of the molecule is CNc1ccc(Cl)c(Cn2nc([N+](=O)[O-])nc2Br)n1. The first-order valence-electron chi connectivity index (χ1n) is 5.09. The van der Waals surface area contributed by atoms with Crippen LogP contribution in [0.1, 0.15) is 5.69 Å². The lowest BCUT2D eigenvalue weighted by atomic mass is 10.3. The maximum atomic E-state index is 10.6. The van der Waals surface area contributed by atoms with Gasteiger partial charge in [0.1, 0.15) is 12.4 Å². The summed E-state index contributed by atoms with van der Waals surface area (Å²) in [6, 6.07) is 3.42. The molecule has 8 nitrogen and oxygen atoms in total. The fraction of sp³-hybridized carbons (Fsp3) is 0.222. The third-order valence-corrected chi connectivity index (χ3v) is 3.18. The highest BCUT2D eigenvalue weighted by Crippen LogP contribution is 2.20. The summed E-state index contributed by atoms with van der Waals surface area (Å²) >= 11 is 9.13. The van der Waals surface area contributed by atoms with E-state index < -0.39 is 10.9 Å².